The lowest BCUT2D eigenvalue weighted by molar-refractivity contribution is 0.393. The van der Waals surface area contributed by atoms with Gasteiger partial charge in [0.1, 0.15) is 11.6 Å². The highest BCUT2D eigenvalue weighted by atomic mass is 35.5. The molecule has 0 atom stereocenters. The number of hydrogen-bond acceptors (Lipinski definition) is 3. The van der Waals surface area contributed by atoms with Crippen LogP contribution in [0.1, 0.15) is 22.8 Å². The summed E-state index contributed by atoms with van der Waals surface area (Å²) in [7, 11) is 0. The Labute approximate surface area is 150 Å². The third kappa shape index (κ3) is 2.63. The van der Waals surface area contributed by atoms with Gasteiger partial charge in [-0.25, -0.2) is 4.98 Å². The summed E-state index contributed by atoms with van der Waals surface area (Å²) in [5.41, 5.74) is 8.18. The van der Waals surface area contributed by atoms with E-state index in [4.69, 9.17) is 16.1 Å². The molecule has 0 spiro atoms. The second kappa shape index (κ2) is 5.74. The zero-order chi connectivity index (χ0) is 17.7. The van der Waals surface area contributed by atoms with Gasteiger partial charge in [-0.3, -0.25) is 0 Å². The van der Waals surface area contributed by atoms with Crippen molar-refractivity contribution in [3.8, 4) is 22.3 Å². The third-order valence-electron chi connectivity index (χ3n) is 4.52. The van der Waals surface area contributed by atoms with Crippen molar-refractivity contribution in [2.24, 2.45) is 0 Å². The molecule has 2 heterocycles. The van der Waals surface area contributed by atoms with Crippen molar-refractivity contribution in [2.75, 3.05) is 0 Å². The minimum absolute atomic E-state index is 0.712. The fourth-order valence-corrected chi connectivity index (χ4v) is 3.54. The van der Waals surface area contributed by atoms with Crippen molar-refractivity contribution >= 4 is 22.6 Å². The van der Waals surface area contributed by atoms with Crippen LogP contribution in [-0.2, 0) is 0 Å². The first-order valence-electron chi connectivity index (χ1n) is 8.14. The number of aryl methyl sites for hydroxylation is 4. The number of aromatic nitrogens is 3. The average molecular weight is 352 g/mol. The molecule has 0 unspecified atom stereocenters. The van der Waals surface area contributed by atoms with Crippen molar-refractivity contribution in [1.82, 2.24) is 15.1 Å². The van der Waals surface area contributed by atoms with Crippen molar-refractivity contribution in [1.29, 1.82) is 0 Å². The lowest BCUT2D eigenvalue weighted by atomic mass is 9.94. The predicted octanol–water partition coefficient (Wildman–Crippen LogP) is 5.77. The summed E-state index contributed by atoms with van der Waals surface area (Å²) in [4.78, 5) is 8.04. The Morgan fingerprint density at radius 2 is 1.80 bits per heavy atom. The second-order valence-corrected chi connectivity index (χ2v) is 6.84. The largest absolute Gasteiger partial charge is 0.361 e. The topological polar surface area (TPSA) is 54.7 Å². The summed E-state index contributed by atoms with van der Waals surface area (Å²) < 4.78 is 5.36. The quantitative estimate of drug-likeness (QED) is 0.498. The molecule has 2 aromatic carbocycles. The van der Waals surface area contributed by atoms with E-state index in [1.807, 2.05) is 39.0 Å². The van der Waals surface area contributed by atoms with Gasteiger partial charge in [0.25, 0.3) is 0 Å². The minimum Gasteiger partial charge on any atom is -0.361 e. The van der Waals surface area contributed by atoms with Gasteiger partial charge in [-0.1, -0.05) is 22.8 Å². The molecule has 0 aliphatic heterocycles. The monoisotopic (exact) mass is 351 g/mol. The summed E-state index contributed by atoms with van der Waals surface area (Å²) in [5, 5.41) is 4.80. The van der Waals surface area contributed by atoms with Gasteiger partial charge >= 0.3 is 0 Å². The van der Waals surface area contributed by atoms with Crippen LogP contribution in [0, 0.1) is 27.7 Å². The van der Waals surface area contributed by atoms with E-state index in [9.17, 15) is 0 Å². The second-order valence-electron chi connectivity index (χ2n) is 6.40. The zero-order valence-corrected chi connectivity index (χ0v) is 15.3. The Kier molecular flexibility index (Phi) is 3.65. The number of nitrogens with zero attached hydrogens (tertiary/aromatic N) is 2. The van der Waals surface area contributed by atoms with Gasteiger partial charge in [-0.2, -0.15) is 0 Å². The zero-order valence-electron chi connectivity index (χ0n) is 14.6. The molecule has 5 heteroatoms. The van der Waals surface area contributed by atoms with Crippen LogP contribution in [-0.4, -0.2) is 15.1 Å². The number of aromatic amines is 1. The Bertz CT molecular complexity index is 1090. The van der Waals surface area contributed by atoms with Crippen LogP contribution in [0.15, 0.2) is 34.9 Å². The van der Waals surface area contributed by atoms with Gasteiger partial charge in [-0.15, -0.1) is 0 Å². The van der Waals surface area contributed by atoms with Crippen molar-refractivity contribution in [2.45, 2.75) is 27.7 Å². The van der Waals surface area contributed by atoms with Gasteiger partial charge in [0.15, 0.2) is 0 Å². The smallest absolute Gasteiger partial charge is 0.141 e. The first kappa shape index (κ1) is 15.9. The molecule has 4 nitrogen and oxygen atoms in total. The molecule has 0 saturated heterocycles. The highest BCUT2D eigenvalue weighted by Gasteiger charge is 2.17. The number of halogens is 1. The molecule has 0 fully saturated rings. The Morgan fingerprint density at radius 3 is 2.52 bits per heavy atom. The molecular formula is C20H18ClN3O. The van der Waals surface area contributed by atoms with Crippen molar-refractivity contribution in [3.63, 3.8) is 0 Å². The van der Waals surface area contributed by atoms with Crippen LogP contribution < -0.4 is 0 Å². The number of H-pyrrole nitrogens is 1. The number of rotatable bonds is 2. The summed E-state index contributed by atoms with van der Waals surface area (Å²) in [6, 6.07) is 10.2. The van der Waals surface area contributed by atoms with Gasteiger partial charge in [-0.05, 0) is 68.7 Å². The summed E-state index contributed by atoms with van der Waals surface area (Å²) in [5.74, 6) is 1.69. The fourth-order valence-electron chi connectivity index (χ4n) is 3.37. The molecule has 126 valence electrons. The normalized spacial score (nSPS) is 11.4. The predicted molar refractivity (Wildman–Crippen MR) is 101 cm³/mol. The fraction of sp³-hybridized carbons (Fsp3) is 0.200. The minimum atomic E-state index is 0.712. The highest BCUT2D eigenvalue weighted by molar-refractivity contribution is 6.31. The highest BCUT2D eigenvalue weighted by Crippen LogP contribution is 2.37. The first-order valence-corrected chi connectivity index (χ1v) is 8.52. The molecule has 1 N–H and O–H groups in total. The summed E-state index contributed by atoms with van der Waals surface area (Å²) in [6.45, 7) is 7.93. The van der Waals surface area contributed by atoms with E-state index in [-0.39, 0.29) is 0 Å². The number of benzene rings is 2. The van der Waals surface area contributed by atoms with Gasteiger partial charge in [0, 0.05) is 16.1 Å². The van der Waals surface area contributed by atoms with Crippen molar-refractivity contribution in [3.05, 3.63) is 58.2 Å². The van der Waals surface area contributed by atoms with E-state index in [2.05, 4.69) is 34.2 Å². The van der Waals surface area contributed by atoms with Crippen LogP contribution in [0.2, 0.25) is 5.02 Å². The van der Waals surface area contributed by atoms with Crippen molar-refractivity contribution < 1.29 is 4.52 Å². The molecule has 0 radical (unpaired) electrons. The van der Waals surface area contributed by atoms with E-state index >= 15 is 0 Å². The maximum Gasteiger partial charge on any atom is 0.141 e. The van der Waals surface area contributed by atoms with E-state index in [1.54, 1.807) is 0 Å². The van der Waals surface area contributed by atoms with Crippen LogP contribution in [0.4, 0.5) is 0 Å². The van der Waals surface area contributed by atoms with Crippen LogP contribution in [0.25, 0.3) is 33.3 Å². The first-order chi connectivity index (χ1) is 11.9. The Balaban J connectivity index is 2.08. The summed E-state index contributed by atoms with van der Waals surface area (Å²) in [6.07, 6.45) is 0. The molecule has 0 saturated carbocycles. The lowest BCUT2D eigenvalue weighted by Gasteiger charge is -2.10. The van der Waals surface area contributed by atoms with Gasteiger partial charge in [0.2, 0.25) is 0 Å². The Morgan fingerprint density at radius 1 is 1.00 bits per heavy atom. The molecule has 4 aromatic rings. The van der Waals surface area contributed by atoms with Crippen LogP contribution >= 0.6 is 11.6 Å². The number of imidazole rings is 1. The molecule has 0 amide bonds. The van der Waals surface area contributed by atoms with E-state index < -0.39 is 0 Å². The molecule has 25 heavy (non-hydrogen) atoms. The number of fused-ring (bicyclic) bond motifs is 1. The number of nitrogens with one attached hydrogen (secondary N) is 1. The molecule has 4 rings (SSSR count). The Hall–Kier alpha value is -2.59. The number of hydrogen-bond donors (Lipinski definition) is 1. The molecular weight excluding hydrogens is 334 g/mol. The van der Waals surface area contributed by atoms with E-state index in [1.165, 1.54) is 0 Å². The van der Waals surface area contributed by atoms with E-state index in [0.717, 1.165) is 56.1 Å². The molecule has 2 aromatic heterocycles. The molecule has 0 aliphatic carbocycles. The lowest BCUT2D eigenvalue weighted by Crippen LogP contribution is -1.89. The van der Waals surface area contributed by atoms with Crippen LogP contribution in [0.5, 0.6) is 0 Å². The maximum atomic E-state index is 6.26. The maximum absolute atomic E-state index is 6.26. The SMILES string of the molecule is Cc1nc2c(-c3cc(Cl)ccc3C)cc(-c3c(C)noc3C)cc2[nH]1. The van der Waals surface area contributed by atoms with Crippen LogP contribution in [0.3, 0.4) is 0 Å². The van der Waals surface area contributed by atoms with Gasteiger partial charge < -0.3 is 9.51 Å². The summed E-state index contributed by atoms with van der Waals surface area (Å²) >= 11 is 6.26. The average Bonchev–Trinajstić information content (AvgIpc) is 3.10. The molecule has 0 aliphatic rings. The van der Waals surface area contributed by atoms with E-state index in [0.29, 0.717) is 5.02 Å². The third-order valence-corrected chi connectivity index (χ3v) is 4.75. The molecule has 0 bridgehead atoms. The van der Waals surface area contributed by atoms with Gasteiger partial charge in [0.05, 0.1) is 16.7 Å². The standard InChI is InChI=1S/C20H18ClN3O/c1-10-5-6-15(21)9-16(10)17-7-14(19-11(2)24-25-12(19)3)8-18-20(17)23-13(4)22-18/h5-9H,1-4H3,(H,22,23).